The molecule has 4 heteroatoms. The van der Waals surface area contributed by atoms with E-state index in [9.17, 15) is 5.11 Å². The summed E-state index contributed by atoms with van der Waals surface area (Å²) in [7, 11) is 0. The Bertz CT molecular complexity index is 590. The van der Waals surface area contributed by atoms with Crippen LogP contribution in [0.4, 0.5) is 11.4 Å². The van der Waals surface area contributed by atoms with Crippen LogP contribution in [0.3, 0.4) is 0 Å². The number of anilines is 2. The Balaban J connectivity index is 2.27. The fourth-order valence-electron chi connectivity index (χ4n) is 2.14. The first-order chi connectivity index (χ1) is 10.3. The predicted molar refractivity (Wildman–Crippen MR) is 83.2 cm³/mol. The molecule has 0 fully saturated rings. The van der Waals surface area contributed by atoms with Crippen LogP contribution < -0.4 is 4.90 Å². The van der Waals surface area contributed by atoms with E-state index in [1.165, 1.54) is 0 Å². The van der Waals surface area contributed by atoms with E-state index in [1.54, 1.807) is 6.20 Å². The number of benzene rings is 1. The lowest BCUT2D eigenvalue weighted by Gasteiger charge is -2.24. The van der Waals surface area contributed by atoms with E-state index in [4.69, 9.17) is 5.26 Å². The molecule has 0 radical (unpaired) electrons. The normalized spacial score (nSPS) is 11.7. The highest BCUT2D eigenvalue weighted by Crippen LogP contribution is 2.26. The SMILES string of the molecule is CC[C@H](O)c1ccc(N(CCC#N)c2ccccc2)cn1. The van der Waals surface area contributed by atoms with Crippen LogP contribution in [0.15, 0.2) is 48.7 Å². The molecule has 0 bridgehead atoms. The molecule has 0 aliphatic heterocycles. The molecule has 0 amide bonds. The molecular formula is C17H19N3O. The van der Waals surface area contributed by atoms with Gasteiger partial charge in [0.2, 0.25) is 0 Å². The fraction of sp³-hybridized carbons (Fsp3) is 0.294. The van der Waals surface area contributed by atoms with Crippen LogP contribution >= 0.6 is 0 Å². The first-order valence-corrected chi connectivity index (χ1v) is 7.09. The van der Waals surface area contributed by atoms with E-state index < -0.39 is 6.10 Å². The van der Waals surface area contributed by atoms with Gasteiger partial charge in [-0.2, -0.15) is 5.26 Å². The van der Waals surface area contributed by atoms with Gasteiger partial charge in [-0.3, -0.25) is 4.98 Å². The second kappa shape index (κ2) is 7.41. The van der Waals surface area contributed by atoms with Crippen molar-refractivity contribution in [1.29, 1.82) is 5.26 Å². The van der Waals surface area contributed by atoms with Crippen molar-refractivity contribution in [3.8, 4) is 6.07 Å². The first kappa shape index (κ1) is 15.0. The number of pyridine rings is 1. The second-order valence-electron chi connectivity index (χ2n) is 4.76. The Hall–Kier alpha value is -2.38. The fourth-order valence-corrected chi connectivity index (χ4v) is 2.14. The quantitative estimate of drug-likeness (QED) is 0.879. The number of aliphatic hydroxyl groups is 1. The van der Waals surface area contributed by atoms with Gasteiger partial charge in [-0.15, -0.1) is 0 Å². The lowest BCUT2D eigenvalue weighted by molar-refractivity contribution is 0.169. The summed E-state index contributed by atoms with van der Waals surface area (Å²) in [6.07, 6.45) is 2.30. The number of hydrogen-bond donors (Lipinski definition) is 1. The van der Waals surface area contributed by atoms with Crippen LogP contribution in [0.1, 0.15) is 31.6 Å². The van der Waals surface area contributed by atoms with Crippen molar-refractivity contribution in [2.24, 2.45) is 0 Å². The molecule has 0 saturated heterocycles. The molecular weight excluding hydrogens is 262 g/mol. The zero-order valence-corrected chi connectivity index (χ0v) is 12.1. The van der Waals surface area contributed by atoms with Gasteiger partial charge in [0.15, 0.2) is 0 Å². The molecule has 2 aromatic rings. The van der Waals surface area contributed by atoms with E-state index in [1.807, 2.05) is 49.4 Å². The standard InChI is InChI=1S/C17H19N3O/c1-2-17(21)16-10-9-15(13-19-16)20(12-6-11-18)14-7-4-3-5-8-14/h3-5,7-10,13,17,21H,2,6,12H2,1H3/t17-/m0/s1. The lowest BCUT2D eigenvalue weighted by Crippen LogP contribution is -2.18. The zero-order valence-electron chi connectivity index (χ0n) is 12.1. The smallest absolute Gasteiger partial charge is 0.0957 e. The van der Waals surface area contributed by atoms with E-state index in [2.05, 4.69) is 16.0 Å². The molecule has 108 valence electrons. The number of rotatable bonds is 6. The Kier molecular flexibility index (Phi) is 5.30. The third-order valence-corrected chi connectivity index (χ3v) is 3.33. The monoisotopic (exact) mass is 281 g/mol. The number of aromatic nitrogens is 1. The number of aliphatic hydroxyl groups excluding tert-OH is 1. The molecule has 0 saturated carbocycles. The summed E-state index contributed by atoms with van der Waals surface area (Å²) >= 11 is 0. The number of nitrogens with zero attached hydrogens (tertiary/aromatic N) is 3. The molecule has 21 heavy (non-hydrogen) atoms. The summed E-state index contributed by atoms with van der Waals surface area (Å²) in [6.45, 7) is 2.53. The number of para-hydroxylation sites is 1. The van der Waals surface area contributed by atoms with Gasteiger partial charge in [0.1, 0.15) is 0 Å². The van der Waals surface area contributed by atoms with Crippen LogP contribution in [0.25, 0.3) is 0 Å². The Morgan fingerprint density at radius 3 is 2.52 bits per heavy atom. The van der Waals surface area contributed by atoms with Gasteiger partial charge in [0.25, 0.3) is 0 Å². The Labute approximate surface area is 125 Å². The van der Waals surface area contributed by atoms with Gasteiger partial charge in [-0.1, -0.05) is 25.1 Å². The predicted octanol–water partition coefficient (Wildman–Crippen LogP) is 3.58. The minimum absolute atomic E-state index is 0.439. The Morgan fingerprint density at radius 2 is 1.95 bits per heavy atom. The van der Waals surface area contributed by atoms with Crippen LogP contribution in [-0.2, 0) is 0 Å². The van der Waals surface area contributed by atoms with Crippen molar-refractivity contribution in [1.82, 2.24) is 4.98 Å². The Morgan fingerprint density at radius 1 is 1.19 bits per heavy atom. The lowest BCUT2D eigenvalue weighted by atomic mass is 10.1. The van der Waals surface area contributed by atoms with Crippen LogP contribution in [0.5, 0.6) is 0 Å². The van der Waals surface area contributed by atoms with Gasteiger partial charge in [0, 0.05) is 12.2 Å². The molecule has 0 aliphatic rings. The van der Waals surface area contributed by atoms with Gasteiger partial charge in [-0.05, 0) is 30.7 Å². The minimum Gasteiger partial charge on any atom is -0.387 e. The van der Waals surface area contributed by atoms with Crippen molar-refractivity contribution >= 4 is 11.4 Å². The van der Waals surface area contributed by atoms with Crippen molar-refractivity contribution in [3.63, 3.8) is 0 Å². The van der Waals surface area contributed by atoms with E-state index in [-0.39, 0.29) is 0 Å². The van der Waals surface area contributed by atoms with Gasteiger partial charge >= 0.3 is 0 Å². The first-order valence-electron chi connectivity index (χ1n) is 7.09. The van der Waals surface area contributed by atoms with Gasteiger partial charge in [-0.25, -0.2) is 0 Å². The average Bonchev–Trinajstić information content (AvgIpc) is 2.56. The number of hydrogen-bond acceptors (Lipinski definition) is 4. The van der Waals surface area contributed by atoms with Crippen LogP contribution in [0.2, 0.25) is 0 Å². The molecule has 1 aromatic carbocycles. The summed E-state index contributed by atoms with van der Waals surface area (Å²) in [4.78, 5) is 6.38. The molecule has 4 nitrogen and oxygen atoms in total. The molecule has 1 N–H and O–H groups in total. The molecule has 0 unspecified atom stereocenters. The highest BCUT2D eigenvalue weighted by molar-refractivity contribution is 5.62. The molecule has 0 spiro atoms. The topological polar surface area (TPSA) is 60.1 Å². The molecule has 1 heterocycles. The van der Waals surface area contributed by atoms with Gasteiger partial charge < -0.3 is 10.0 Å². The summed E-state index contributed by atoms with van der Waals surface area (Å²) in [5, 5.41) is 18.6. The highest BCUT2D eigenvalue weighted by atomic mass is 16.3. The van der Waals surface area contributed by atoms with Crippen molar-refractivity contribution in [3.05, 3.63) is 54.4 Å². The van der Waals surface area contributed by atoms with Gasteiger partial charge in [0.05, 0.1) is 36.2 Å². The van der Waals surface area contributed by atoms with E-state index in [0.29, 0.717) is 25.1 Å². The summed E-state index contributed by atoms with van der Waals surface area (Å²) < 4.78 is 0. The molecule has 1 aromatic heterocycles. The van der Waals surface area contributed by atoms with Crippen LogP contribution in [0, 0.1) is 11.3 Å². The number of nitriles is 1. The summed E-state index contributed by atoms with van der Waals surface area (Å²) in [5.74, 6) is 0. The van der Waals surface area contributed by atoms with Crippen molar-refractivity contribution in [2.45, 2.75) is 25.9 Å². The third-order valence-electron chi connectivity index (χ3n) is 3.33. The maximum Gasteiger partial charge on any atom is 0.0957 e. The summed E-state index contributed by atoms with van der Waals surface area (Å²) in [5.41, 5.74) is 2.62. The highest BCUT2D eigenvalue weighted by Gasteiger charge is 2.11. The third kappa shape index (κ3) is 3.80. The summed E-state index contributed by atoms with van der Waals surface area (Å²) in [6, 6.07) is 15.9. The van der Waals surface area contributed by atoms with E-state index >= 15 is 0 Å². The maximum absolute atomic E-state index is 9.80. The minimum atomic E-state index is -0.525. The largest absolute Gasteiger partial charge is 0.387 e. The van der Waals surface area contributed by atoms with E-state index in [0.717, 1.165) is 11.4 Å². The van der Waals surface area contributed by atoms with Crippen LogP contribution in [-0.4, -0.2) is 16.6 Å². The van der Waals surface area contributed by atoms with Crippen molar-refractivity contribution in [2.75, 3.05) is 11.4 Å². The maximum atomic E-state index is 9.80. The zero-order chi connectivity index (χ0) is 15.1. The molecule has 1 atom stereocenters. The molecule has 2 rings (SSSR count). The second-order valence-corrected chi connectivity index (χ2v) is 4.76. The average molecular weight is 281 g/mol. The van der Waals surface area contributed by atoms with Crippen molar-refractivity contribution < 1.29 is 5.11 Å². The molecule has 0 aliphatic carbocycles.